The van der Waals surface area contributed by atoms with Crippen molar-refractivity contribution in [2.45, 2.75) is 180 Å². The Morgan fingerprint density at radius 2 is 1.02 bits per heavy atom. The van der Waals surface area contributed by atoms with Gasteiger partial charge in [-0.2, -0.15) is 9.78 Å². The average Bonchev–Trinajstić information content (AvgIpc) is 3.45. The zero-order valence-corrected chi connectivity index (χ0v) is 28.0. The molecule has 0 fully saturated rings. The summed E-state index contributed by atoms with van der Waals surface area (Å²) in [4.78, 5) is 6.04. The van der Waals surface area contributed by atoms with Gasteiger partial charge in [0.2, 0.25) is 5.89 Å². The highest BCUT2D eigenvalue weighted by Gasteiger charge is 2.27. The fourth-order valence-electron chi connectivity index (χ4n) is 2.61. The van der Waals surface area contributed by atoms with E-state index in [0.717, 1.165) is 23.1 Å². The van der Waals surface area contributed by atoms with Crippen molar-refractivity contribution in [1.29, 1.82) is 0 Å². The van der Waals surface area contributed by atoms with Crippen LogP contribution >= 0.6 is 0 Å². The van der Waals surface area contributed by atoms with Gasteiger partial charge in [0.25, 0.3) is 0 Å². The summed E-state index contributed by atoms with van der Waals surface area (Å²) >= 11 is 0. The van der Waals surface area contributed by atoms with Crippen molar-refractivity contribution in [1.82, 2.24) is 35.5 Å². The van der Waals surface area contributed by atoms with E-state index in [-0.39, 0.29) is 54.9 Å². The zero-order valence-electron chi connectivity index (χ0n) is 28.0. The van der Waals surface area contributed by atoms with Gasteiger partial charge >= 0.3 is 0 Å². The first kappa shape index (κ1) is 43.9. The molecular formula is C33H67N7O2. The van der Waals surface area contributed by atoms with Crippen molar-refractivity contribution in [3.05, 3.63) is 35.1 Å². The predicted molar refractivity (Wildman–Crippen MR) is 177 cm³/mol. The fraction of sp³-hybridized carbons (Fsp3) is 0.818. The molecular weight excluding hydrogens is 526 g/mol. The maximum absolute atomic E-state index is 5.31. The lowest BCUT2D eigenvalue weighted by Gasteiger charge is -2.16. The van der Waals surface area contributed by atoms with Crippen LogP contribution in [0.4, 0.5) is 0 Å². The molecule has 3 heterocycles. The second-order valence-corrected chi connectivity index (χ2v) is 16.3. The molecule has 246 valence electrons. The van der Waals surface area contributed by atoms with Gasteiger partial charge in [0.1, 0.15) is 5.76 Å². The summed E-state index contributed by atoms with van der Waals surface area (Å²) in [6, 6.07) is 2.06. The minimum atomic E-state index is -0.0868. The molecule has 0 aliphatic rings. The van der Waals surface area contributed by atoms with E-state index in [1.807, 2.05) is 0 Å². The highest BCUT2D eigenvalue weighted by molar-refractivity contribution is 5.18. The Bertz CT molecular complexity index is 928. The van der Waals surface area contributed by atoms with Crippen LogP contribution in [-0.4, -0.2) is 35.5 Å². The van der Waals surface area contributed by atoms with Gasteiger partial charge in [0.15, 0.2) is 11.6 Å². The van der Waals surface area contributed by atoms with Gasteiger partial charge in [-0.25, -0.2) is 0 Å². The average molecular weight is 594 g/mol. The molecule has 0 N–H and O–H groups in total. The molecule has 42 heavy (non-hydrogen) atoms. The number of tetrazole rings is 1. The van der Waals surface area contributed by atoms with Crippen LogP contribution in [0.2, 0.25) is 0 Å². The third kappa shape index (κ3) is 13.6. The van der Waals surface area contributed by atoms with Crippen molar-refractivity contribution < 1.29 is 9.05 Å². The lowest BCUT2D eigenvalue weighted by molar-refractivity contribution is 0.303. The highest BCUT2D eigenvalue weighted by atomic mass is 16.5. The molecule has 0 bridgehead atoms. The summed E-state index contributed by atoms with van der Waals surface area (Å²) in [7, 11) is 0. The first-order valence-corrected chi connectivity index (χ1v) is 13.8. The van der Waals surface area contributed by atoms with Gasteiger partial charge in [-0.3, -0.25) is 0 Å². The Morgan fingerprint density at radius 1 is 0.548 bits per heavy atom. The Morgan fingerprint density at radius 3 is 1.24 bits per heavy atom. The van der Waals surface area contributed by atoms with E-state index >= 15 is 0 Å². The van der Waals surface area contributed by atoms with Gasteiger partial charge in [0, 0.05) is 33.1 Å². The molecule has 9 nitrogen and oxygen atoms in total. The van der Waals surface area contributed by atoms with E-state index in [1.165, 1.54) is 0 Å². The van der Waals surface area contributed by atoms with Crippen LogP contribution in [0.15, 0.2) is 15.1 Å². The Balaban J connectivity index is -0.000000524. The van der Waals surface area contributed by atoms with Crippen molar-refractivity contribution in [2.75, 3.05) is 0 Å². The van der Waals surface area contributed by atoms with Crippen LogP contribution in [0.1, 0.15) is 176 Å². The number of rotatable bonds is 0. The Hall–Kier alpha value is -2.58. The first-order valence-electron chi connectivity index (χ1n) is 13.8. The third-order valence-corrected chi connectivity index (χ3v) is 5.44. The largest absolute Gasteiger partial charge is 0.361 e. The summed E-state index contributed by atoms with van der Waals surface area (Å²) in [5.41, 5.74) is 0.949. The van der Waals surface area contributed by atoms with E-state index in [1.54, 1.807) is 4.80 Å². The van der Waals surface area contributed by atoms with E-state index in [9.17, 15) is 0 Å². The number of hydrogen-bond donors (Lipinski definition) is 0. The smallest absolute Gasteiger partial charge is 0.232 e. The Labute approximate surface area is 259 Å². The second kappa shape index (κ2) is 14.7. The monoisotopic (exact) mass is 594 g/mol. The molecule has 9 heteroatoms. The number of hydrogen-bond acceptors (Lipinski definition) is 8. The van der Waals surface area contributed by atoms with Crippen molar-refractivity contribution >= 4 is 0 Å². The molecule has 0 unspecified atom stereocenters. The quantitative estimate of drug-likeness (QED) is 0.253. The molecule has 0 radical (unpaired) electrons. The van der Waals surface area contributed by atoms with Gasteiger partial charge in [-0.15, -0.1) is 10.2 Å². The maximum atomic E-state index is 5.31. The minimum Gasteiger partial charge on any atom is -0.361 e. The molecule has 0 saturated carbocycles. The SMILES string of the molecule is C.C.C.CC(C)(C)c1cc(C(C)(C)C)on1.CC(C)(C)c1nnn(C(C)(C)C)n1.CC(C)(C)c1noc(C(C)(C)C)n1. The van der Waals surface area contributed by atoms with Gasteiger partial charge < -0.3 is 9.05 Å². The summed E-state index contributed by atoms with van der Waals surface area (Å²) in [6.45, 7) is 37.6. The molecule has 3 rings (SSSR count). The molecule has 3 aromatic heterocycles. The highest BCUT2D eigenvalue weighted by Crippen LogP contribution is 2.28. The van der Waals surface area contributed by atoms with Crippen LogP contribution in [-0.2, 0) is 32.6 Å². The van der Waals surface area contributed by atoms with E-state index in [2.05, 4.69) is 161 Å². The van der Waals surface area contributed by atoms with Gasteiger partial charge in [-0.05, 0) is 26.0 Å². The molecule has 0 aliphatic carbocycles. The Kier molecular flexibility index (Phi) is 15.4. The molecule has 0 amide bonds. The van der Waals surface area contributed by atoms with Crippen LogP contribution in [0, 0.1) is 0 Å². The number of aromatic nitrogens is 7. The molecule has 0 aliphatic heterocycles. The zero-order chi connectivity index (χ0) is 30.8. The van der Waals surface area contributed by atoms with Crippen LogP contribution in [0.3, 0.4) is 0 Å². The minimum absolute atomic E-state index is 0. The molecule has 3 aromatic rings. The topological polar surface area (TPSA) is 109 Å². The van der Waals surface area contributed by atoms with Crippen molar-refractivity contribution in [2.24, 2.45) is 0 Å². The summed E-state index contributed by atoms with van der Waals surface area (Å²) in [6.07, 6.45) is 0. The lowest BCUT2D eigenvalue weighted by Crippen LogP contribution is -2.25. The van der Waals surface area contributed by atoms with E-state index in [0.29, 0.717) is 5.89 Å². The second-order valence-electron chi connectivity index (χ2n) is 16.3. The molecule has 0 aromatic carbocycles. The summed E-state index contributed by atoms with van der Waals surface area (Å²) < 4.78 is 10.5. The third-order valence-electron chi connectivity index (χ3n) is 5.44. The fourth-order valence-corrected chi connectivity index (χ4v) is 2.61. The molecule has 0 spiro atoms. The van der Waals surface area contributed by atoms with E-state index < -0.39 is 0 Å². The summed E-state index contributed by atoms with van der Waals surface area (Å²) in [5.74, 6) is 3.23. The van der Waals surface area contributed by atoms with Crippen molar-refractivity contribution in [3.63, 3.8) is 0 Å². The number of nitrogens with zero attached hydrogens (tertiary/aromatic N) is 7. The molecule has 0 atom stereocenters. The first-order chi connectivity index (χ1) is 17.1. The van der Waals surface area contributed by atoms with Crippen LogP contribution < -0.4 is 0 Å². The standard InChI is InChI=1S/C11H19NO.C10H18N2O.C9H18N4.3CH4/c1-10(2,3)8-7-9(13-12-8)11(4,5)6;1-9(2,3)7-11-8(13-12-7)10(4,5)6;1-8(2,3)7-10-12-13(11-7)9(4,5)6;;;/h7H,1-6H3;2*1-6H3;3*1H4. The van der Waals surface area contributed by atoms with Gasteiger partial charge in [-0.1, -0.05) is 136 Å². The van der Waals surface area contributed by atoms with Gasteiger partial charge in [0.05, 0.1) is 11.2 Å². The van der Waals surface area contributed by atoms with E-state index in [4.69, 9.17) is 9.05 Å². The maximum Gasteiger partial charge on any atom is 0.232 e. The normalized spacial score (nSPS) is 12.4. The van der Waals surface area contributed by atoms with Crippen LogP contribution in [0.25, 0.3) is 0 Å². The predicted octanol–water partition coefficient (Wildman–Crippen LogP) is 9.57. The van der Waals surface area contributed by atoms with Crippen molar-refractivity contribution in [3.8, 4) is 0 Å². The van der Waals surface area contributed by atoms with Crippen LogP contribution in [0.5, 0.6) is 0 Å². The lowest BCUT2D eigenvalue weighted by atomic mass is 9.88. The summed E-state index contributed by atoms with van der Waals surface area (Å²) in [5, 5.41) is 20.5. The molecule has 0 saturated heterocycles.